The Balaban J connectivity index is 1.41. The SMILES string of the molecule is CC(C)(C)OC(=O)N1CCC(CC(=O)Nc2ccc(C3OCCO3)cc2)CC1. The molecule has 1 aromatic carbocycles. The quantitative estimate of drug-likeness (QED) is 0.848. The molecule has 0 aliphatic carbocycles. The highest BCUT2D eigenvalue weighted by Crippen LogP contribution is 2.25. The molecule has 0 unspecified atom stereocenters. The molecule has 154 valence electrons. The second-order valence-electron chi connectivity index (χ2n) is 8.36. The van der Waals surface area contributed by atoms with E-state index in [2.05, 4.69) is 5.32 Å². The average Bonchev–Trinajstić information content (AvgIpc) is 3.16. The molecular formula is C21H30N2O5. The monoisotopic (exact) mass is 390 g/mol. The van der Waals surface area contributed by atoms with E-state index in [0.717, 1.165) is 24.1 Å². The van der Waals surface area contributed by atoms with Gasteiger partial charge in [0.2, 0.25) is 5.91 Å². The van der Waals surface area contributed by atoms with Gasteiger partial charge in [0.1, 0.15) is 5.60 Å². The molecule has 2 saturated heterocycles. The zero-order valence-electron chi connectivity index (χ0n) is 16.9. The number of carbonyl (C=O) groups excluding carboxylic acids is 2. The molecular weight excluding hydrogens is 360 g/mol. The minimum absolute atomic E-state index is 0.00293. The smallest absolute Gasteiger partial charge is 0.410 e. The predicted molar refractivity (Wildman–Crippen MR) is 105 cm³/mol. The normalized spacial score (nSPS) is 18.9. The first-order valence-corrected chi connectivity index (χ1v) is 9.91. The van der Waals surface area contributed by atoms with E-state index in [9.17, 15) is 9.59 Å². The highest BCUT2D eigenvalue weighted by molar-refractivity contribution is 5.90. The molecule has 0 bridgehead atoms. The lowest BCUT2D eigenvalue weighted by atomic mass is 9.93. The van der Waals surface area contributed by atoms with Gasteiger partial charge in [-0.1, -0.05) is 12.1 Å². The van der Waals surface area contributed by atoms with Crippen molar-refractivity contribution in [1.29, 1.82) is 0 Å². The van der Waals surface area contributed by atoms with Gasteiger partial charge in [-0.2, -0.15) is 0 Å². The van der Waals surface area contributed by atoms with Crippen LogP contribution in [0.1, 0.15) is 51.9 Å². The van der Waals surface area contributed by atoms with Crippen LogP contribution in [0.3, 0.4) is 0 Å². The van der Waals surface area contributed by atoms with E-state index in [1.165, 1.54) is 0 Å². The van der Waals surface area contributed by atoms with Gasteiger partial charge in [-0.25, -0.2) is 4.79 Å². The summed E-state index contributed by atoms with van der Waals surface area (Å²) >= 11 is 0. The van der Waals surface area contributed by atoms with Crippen molar-refractivity contribution in [3.8, 4) is 0 Å². The number of rotatable bonds is 4. The van der Waals surface area contributed by atoms with Crippen LogP contribution >= 0.6 is 0 Å². The lowest BCUT2D eigenvalue weighted by Gasteiger charge is -2.33. The maximum absolute atomic E-state index is 12.4. The Morgan fingerprint density at radius 1 is 1.11 bits per heavy atom. The minimum atomic E-state index is -0.487. The fourth-order valence-electron chi connectivity index (χ4n) is 3.39. The molecule has 1 aromatic rings. The number of hydrogen-bond donors (Lipinski definition) is 1. The molecule has 0 radical (unpaired) electrons. The largest absolute Gasteiger partial charge is 0.444 e. The molecule has 1 N–H and O–H groups in total. The molecule has 0 spiro atoms. The average molecular weight is 390 g/mol. The fraction of sp³-hybridized carbons (Fsp3) is 0.619. The molecule has 2 aliphatic heterocycles. The van der Waals surface area contributed by atoms with Crippen molar-refractivity contribution in [3.05, 3.63) is 29.8 Å². The summed E-state index contributed by atoms with van der Waals surface area (Å²) in [7, 11) is 0. The Bertz CT molecular complexity index is 669. The first-order valence-electron chi connectivity index (χ1n) is 9.91. The van der Waals surface area contributed by atoms with Crippen molar-refractivity contribution in [3.63, 3.8) is 0 Å². The maximum atomic E-state index is 12.4. The number of piperidine rings is 1. The summed E-state index contributed by atoms with van der Waals surface area (Å²) in [6, 6.07) is 7.54. The fourth-order valence-corrected chi connectivity index (χ4v) is 3.39. The number of nitrogens with zero attached hydrogens (tertiary/aromatic N) is 1. The minimum Gasteiger partial charge on any atom is -0.444 e. The zero-order valence-corrected chi connectivity index (χ0v) is 16.9. The molecule has 2 aliphatic rings. The highest BCUT2D eigenvalue weighted by atomic mass is 16.7. The summed E-state index contributed by atoms with van der Waals surface area (Å²) in [4.78, 5) is 26.2. The molecule has 2 heterocycles. The molecule has 3 rings (SSSR count). The van der Waals surface area contributed by atoms with Crippen LogP contribution in [0.5, 0.6) is 0 Å². The number of hydrogen-bond acceptors (Lipinski definition) is 5. The van der Waals surface area contributed by atoms with E-state index >= 15 is 0 Å². The molecule has 7 nitrogen and oxygen atoms in total. The van der Waals surface area contributed by atoms with Crippen LogP contribution in [-0.4, -0.2) is 48.8 Å². The molecule has 2 amide bonds. The summed E-state index contributed by atoms with van der Waals surface area (Å²) in [5.41, 5.74) is 1.22. The Morgan fingerprint density at radius 2 is 1.71 bits per heavy atom. The van der Waals surface area contributed by atoms with Crippen LogP contribution in [0.15, 0.2) is 24.3 Å². The van der Waals surface area contributed by atoms with Crippen LogP contribution in [0.25, 0.3) is 0 Å². The summed E-state index contributed by atoms with van der Waals surface area (Å²) in [5.74, 6) is 0.273. The number of carbonyl (C=O) groups is 2. The zero-order chi connectivity index (χ0) is 20.1. The van der Waals surface area contributed by atoms with Gasteiger partial charge in [0, 0.05) is 30.8 Å². The van der Waals surface area contributed by atoms with Crippen LogP contribution in [0.2, 0.25) is 0 Å². The van der Waals surface area contributed by atoms with Crippen LogP contribution in [0, 0.1) is 5.92 Å². The van der Waals surface area contributed by atoms with E-state index in [1.807, 2.05) is 45.0 Å². The van der Waals surface area contributed by atoms with Gasteiger partial charge in [-0.05, 0) is 51.7 Å². The van der Waals surface area contributed by atoms with Gasteiger partial charge in [0.15, 0.2) is 6.29 Å². The third-order valence-electron chi connectivity index (χ3n) is 4.83. The molecule has 2 fully saturated rings. The summed E-state index contributed by atoms with van der Waals surface area (Å²) in [6.07, 6.45) is 1.49. The molecule has 0 aromatic heterocycles. The number of likely N-dealkylation sites (tertiary alicyclic amines) is 1. The standard InChI is InChI=1S/C21H30N2O5/c1-21(2,3)28-20(25)23-10-8-15(9-11-23)14-18(24)22-17-6-4-16(5-7-17)19-26-12-13-27-19/h4-7,15,19H,8-14H2,1-3H3,(H,22,24). The van der Waals surface area contributed by atoms with E-state index in [1.54, 1.807) is 4.90 Å². The molecule has 0 saturated carbocycles. The van der Waals surface area contributed by atoms with E-state index in [4.69, 9.17) is 14.2 Å². The summed E-state index contributed by atoms with van der Waals surface area (Å²) in [5, 5.41) is 2.95. The molecule has 28 heavy (non-hydrogen) atoms. The Hall–Kier alpha value is -2.12. The van der Waals surface area contributed by atoms with Gasteiger partial charge < -0.3 is 24.4 Å². The molecule has 7 heteroatoms. The van der Waals surface area contributed by atoms with Crippen molar-refractivity contribution >= 4 is 17.7 Å². The number of anilines is 1. The summed E-state index contributed by atoms with van der Waals surface area (Å²) in [6.45, 7) is 8.06. The third kappa shape index (κ3) is 5.94. The Labute approximate surface area is 166 Å². The number of ether oxygens (including phenoxy) is 3. The highest BCUT2D eigenvalue weighted by Gasteiger charge is 2.27. The second kappa shape index (κ2) is 8.92. The van der Waals surface area contributed by atoms with Crippen molar-refractivity contribution in [2.45, 2.75) is 51.9 Å². The van der Waals surface area contributed by atoms with Gasteiger partial charge in [-0.15, -0.1) is 0 Å². The van der Waals surface area contributed by atoms with Gasteiger partial charge in [-0.3, -0.25) is 4.79 Å². The second-order valence-corrected chi connectivity index (χ2v) is 8.36. The summed E-state index contributed by atoms with van der Waals surface area (Å²) < 4.78 is 16.3. The topological polar surface area (TPSA) is 77.1 Å². The van der Waals surface area contributed by atoms with Gasteiger partial charge in [0.25, 0.3) is 0 Å². The van der Waals surface area contributed by atoms with Crippen molar-refractivity contribution in [1.82, 2.24) is 4.90 Å². The van der Waals surface area contributed by atoms with Crippen LogP contribution < -0.4 is 5.32 Å². The van der Waals surface area contributed by atoms with Crippen molar-refractivity contribution < 1.29 is 23.8 Å². The van der Waals surface area contributed by atoms with Crippen molar-refractivity contribution in [2.75, 3.05) is 31.6 Å². The van der Waals surface area contributed by atoms with Crippen molar-refractivity contribution in [2.24, 2.45) is 5.92 Å². The van der Waals surface area contributed by atoms with Crippen LogP contribution in [0.4, 0.5) is 10.5 Å². The predicted octanol–water partition coefficient (Wildman–Crippen LogP) is 3.71. The number of benzene rings is 1. The van der Waals surface area contributed by atoms with E-state index in [0.29, 0.717) is 32.7 Å². The van der Waals surface area contributed by atoms with Gasteiger partial charge >= 0.3 is 6.09 Å². The first kappa shape index (κ1) is 20.6. The number of nitrogens with one attached hydrogen (secondary N) is 1. The molecule has 0 atom stereocenters. The Morgan fingerprint density at radius 3 is 2.29 bits per heavy atom. The van der Waals surface area contributed by atoms with Crippen LogP contribution in [-0.2, 0) is 19.0 Å². The van der Waals surface area contributed by atoms with E-state index in [-0.39, 0.29) is 24.2 Å². The lowest BCUT2D eigenvalue weighted by molar-refractivity contribution is -0.117. The first-order chi connectivity index (χ1) is 13.3. The van der Waals surface area contributed by atoms with E-state index < -0.39 is 5.60 Å². The lowest BCUT2D eigenvalue weighted by Crippen LogP contribution is -2.42. The third-order valence-corrected chi connectivity index (χ3v) is 4.83. The Kier molecular flexibility index (Phi) is 6.57. The number of amides is 2. The van der Waals surface area contributed by atoms with Gasteiger partial charge in [0.05, 0.1) is 13.2 Å². The maximum Gasteiger partial charge on any atom is 0.410 e.